The highest BCUT2D eigenvalue weighted by Crippen LogP contribution is 2.21. The van der Waals surface area contributed by atoms with E-state index in [1.54, 1.807) is 11.8 Å². The summed E-state index contributed by atoms with van der Waals surface area (Å²) < 4.78 is 0. The molecule has 0 aliphatic carbocycles. The molecule has 0 saturated carbocycles. The van der Waals surface area contributed by atoms with Crippen molar-refractivity contribution in [1.29, 1.82) is 0 Å². The van der Waals surface area contributed by atoms with E-state index in [1.807, 2.05) is 19.1 Å². The number of hydrogen-bond acceptors (Lipinski definition) is 3. The highest BCUT2D eigenvalue weighted by molar-refractivity contribution is 7.99. The molecular formula is C12H14N2O2S. The zero-order valence-corrected chi connectivity index (χ0v) is 10.4. The second-order valence-corrected chi connectivity index (χ2v) is 4.99. The number of nitrogens with zero attached hydrogens (tertiary/aromatic N) is 1. The van der Waals surface area contributed by atoms with Crippen molar-refractivity contribution in [3.8, 4) is 0 Å². The van der Waals surface area contributed by atoms with Gasteiger partial charge in [0.2, 0.25) is 0 Å². The van der Waals surface area contributed by atoms with E-state index in [1.165, 1.54) is 5.56 Å². The molecule has 0 radical (unpaired) electrons. The average Bonchev–Trinajstić information content (AvgIpc) is 2.66. The van der Waals surface area contributed by atoms with Crippen molar-refractivity contribution < 1.29 is 9.90 Å². The number of thioether (sulfide) groups is 1. The molecule has 0 bridgehead atoms. The van der Waals surface area contributed by atoms with E-state index in [9.17, 15) is 4.79 Å². The Morgan fingerprint density at radius 3 is 3.12 bits per heavy atom. The van der Waals surface area contributed by atoms with E-state index < -0.39 is 5.97 Å². The van der Waals surface area contributed by atoms with Gasteiger partial charge in [0.25, 0.3) is 0 Å². The first-order chi connectivity index (χ1) is 8.15. The maximum Gasteiger partial charge on any atom is 0.303 e. The van der Waals surface area contributed by atoms with Crippen molar-refractivity contribution in [1.82, 2.24) is 9.97 Å². The summed E-state index contributed by atoms with van der Waals surface area (Å²) in [5.74, 6) is 0.0244. The van der Waals surface area contributed by atoms with Gasteiger partial charge in [0, 0.05) is 12.2 Å². The fourth-order valence-electron chi connectivity index (χ4n) is 1.56. The topological polar surface area (TPSA) is 66.0 Å². The molecule has 0 saturated heterocycles. The normalized spacial score (nSPS) is 10.9. The molecule has 2 N–H and O–H groups in total. The lowest BCUT2D eigenvalue weighted by atomic mass is 10.2. The van der Waals surface area contributed by atoms with Crippen molar-refractivity contribution in [3.63, 3.8) is 0 Å². The Balaban J connectivity index is 1.97. The number of aryl methyl sites for hydroxylation is 1. The number of rotatable bonds is 5. The van der Waals surface area contributed by atoms with Crippen molar-refractivity contribution >= 4 is 28.8 Å². The molecule has 90 valence electrons. The molecule has 0 fully saturated rings. The molecule has 2 rings (SSSR count). The van der Waals surface area contributed by atoms with Crippen LogP contribution in [-0.2, 0) is 4.79 Å². The molecule has 0 atom stereocenters. The molecule has 0 aliphatic rings. The molecule has 1 aromatic carbocycles. The van der Waals surface area contributed by atoms with Crippen LogP contribution in [0.4, 0.5) is 0 Å². The van der Waals surface area contributed by atoms with Crippen LogP contribution in [0.1, 0.15) is 18.4 Å². The highest BCUT2D eigenvalue weighted by atomic mass is 32.2. The van der Waals surface area contributed by atoms with Crippen molar-refractivity contribution in [3.05, 3.63) is 23.8 Å². The minimum absolute atomic E-state index is 0.215. The number of hydrogen-bond donors (Lipinski definition) is 2. The fourth-order valence-corrected chi connectivity index (χ4v) is 2.39. The number of nitrogens with one attached hydrogen (secondary N) is 1. The first-order valence-electron chi connectivity index (χ1n) is 5.46. The van der Waals surface area contributed by atoms with Crippen molar-refractivity contribution in [2.24, 2.45) is 0 Å². The Bertz CT molecular complexity index is 536. The van der Waals surface area contributed by atoms with E-state index >= 15 is 0 Å². The summed E-state index contributed by atoms with van der Waals surface area (Å²) in [5.41, 5.74) is 3.19. The van der Waals surface area contributed by atoms with Crippen LogP contribution in [-0.4, -0.2) is 26.8 Å². The minimum Gasteiger partial charge on any atom is -0.481 e. The Morgan fingerprint density at radius 1 is 1.53 bits per heavy atom. The molecule has 0 amide bonds. The smallest absolute Gasteiger partial charge is 0.303 e. The van der Waals surface area contributed by atoms with Crippen LogP contribution in [0.5, 0.6) is 0 Å². The van der Waals surface area contributed by atoms with Crippen molar-refractivity contribution in [2.75, 3.05) is 5.75 Å². The fraction of sp³-hybridized carbons (Fsp3) is 0.333. The van der Waals surface area contributed by atoms with E-state index in [-0.39, 0.29) is 6.42 Å². The average molecular weight is 250 g/mol. The Hall–Kier alpha value is -1.49. The van der Waals surface area contributed by atoms with Crippen LogP contribution in [0.3, 0.4) is 0 Å². The summed E-state index contributed by atoms with van der Waals surface area (Å²) >= 11 is 1.56. The van der Waals surface area contributed by atoms with Gasteiger partial charge in [-0.05, 0) is 31.0 Å². The summed E-state index contributed by atoms with van der Waals surface area (Å²) in [7, 11) is 0. The van der Waals surface area contributed by atoms with Crippen LogP contribution in [0, 0.1) is 6.92 Å². The van der Waals surface area contributed by atoms with E-state index in [0.717, 1.165) is 21.9 Å². The van der Waals surface area contributed by atoms with Gasteiger partial charge >= 0.3 is 5.97 Å². The van der Waals surface area contributed by atoms with Crippen LogP contribution < -0.4 is 0 Å². The number of benzene rings is 1. The number of H-pyrrole nitrogens is 1. The quantitative estimate of drug-likeness (QED) is 0.632. The molecule has 5 heteroatoms. The molecular weight excluding hydrogens is 236 g/mol. The number of aliphatic carboxylic acids is 1. The molecule has 1 heterocycles. The SMILES string of the molecule is Cc1ccc2nc(SCCCC(=O)O)[nH]c2c1. The molecule has 0 aliphatic heterocycles. The van der Waals surface area contributed by atoms with Gasteiger partial charge in [-0.1, -0.05) is 17.8 Å². The van der Waals surface area contributed by atoms with Crippen LogP contribution >= 0.6 is 11.8 Å². The second kappa shape index (κ2) is 5.23. The van der Waals surface area contributed by atoms with Gasteiger partial charge < -0.3 is 10.1 Å². The lowest BCUT2D eigenvalue weighted by Gasteiger charge is -1.94. The number of aromatic nitrogens is 2. The molecule has 1 aromatic heterocycles. The van der Waals surface area contributed by atoms with Crippen molar-refractivity contribution in [2.45, 2.75) is 24.9 Å². The Labute approximate surface area is 103 Å². The molecule has 0 spiro atoms. The lowest BCUT2D eigenvalue weighted by Crippen LogP contribution is -1.94. The summed E-state index contributed by atoms with van der Waals surface area (Å²) in [6, 6.07) is 6.08. The number of aromatic amines is 1. The molecule has 17 heavy (non-hydrogen) atoms. The largest absolute Gasteiger partial charge is 0.481 e. The predicted molar refractivity (Wildman–Crippen MR) is 68.4 cm³/mol. The van der Waals surface area contributed by atoms with Crippen LogP contribution in [0.15, 0.2) is 23.4 Å². The summed E-state index contributed by atoms with van der Waals surface area (Å²) in [4.78, 5) is 18.0. The molecule has 0 unspecified atom stereocenters. The predicted octanol–water partition coefficient (Wildman–Crippen LogP) is 2.83. The third-order valence-electron chi connectivity index (χ3n) is 2.39. The van der Waals surface area contributed by atoms with Gasteiger partial charge in [-0.2, -0.15) is 0 Å². The van der Waals surface area contributed by atoms with Gasteiger partial charge in [0.05, 0.1) is 11.0 Å². The summed E-state index contributed by atoms with van der Waals surface area (Å²) in [5, 5.41) is 9.38. The van der Waals surface area contributed by atoms with E-state index in [4.69, 9.17) is 5.11 Å². The monoisotopic (exact) mass is 250 g/mol. The number of carboxylic acids is 1. The first-order valence-corrected chi connectivity index (χ1v) is 6.44. The first kappa shape index (κ1) is 12.0. The van der Waals surface area contributed by atoms with Gasteiger partial charge in [0.15, 0.2) is 5.16 Å². The zero-order valence-electron chi connectivity index (χ0n) is 9.56. The Morgan fingerprint density at radius 2 is 2.35 bits per heavy atom. The third kappa shape index (κ3) is 3.23. The maximum absolute atomic E-state index is 10.4. The molecule has 2 aromatic rings. The summed E-state index contributed by atoms with van der Waals surface area (Å²) in [6.45, 7) is 2.04. The third-order valence-corrected chi connectivity index (χ3v) is 3.35. The van der Waals surface area contributed by atoms with E-state index in [2.05, 4.69) is 16.0 Å². The minimum atomic E-state index is -0.745. The second-order valence-electron chi connectivity index (χ2n) is 3.91. The summed E-state index contributed by atoms with van der Waals surface area (Å²) in [6.07, 6.45) is 0.877. The Kier molecular flexibility index (Phi) is 3.68. The van der Waals surface area contributed by atoms with Crippen LogP contribution in [0.2, 0.25) is 0 Å². The standard InChI is InChI=1S/C12H14N2O2S/c1-8-4-5-9-10(7-8)14-12(13-9)17-6-2-3-11(15)16/h4-5,7H,2-3,6H2,1H3,(H,13,14)(H,15,16). The number of carboxylic acid groups (broad SMARTS) is 1. The van der Waals surface area contributed by atoms with Gasteiger partial charge in [-0.25, -0.2) is 4.98 Å². The van der Waals surface area contributed by atoms with Gasteiger partial charge in [-0.3, -0.25) is 4.79 Å². The maximum atomic E-state index is 10.4. The zero-order chi connectivity index (χ0) is 12.3. The molecule has 4 nitrogen and oxygen atoms in total. The number of imidazole rings is 1. The number of carbonyl (C=O) groups is 1. The highest BCUT2D eigenvalue weighted by Gasteiger charge is 2.04. The van der Waals surface area contributed by atoms with Gasteiger partial charge in [-0.15, -0.1) is 0 Å². The van der Waals surface area contributed by atoms with E-state index in [0.29, 0.717) is 6.42 Å². The number of fused-ring (bicyclic) bond motifs is 1. The van der Waals surface area contributed by atoms with Crippen LogP contribution in [0.25, 0.3) is 11.0 Å². The van der Waals surface area contributed by atoms with Gasteiger partial charge in [0.1, 0.15) is 0 Å². The lowest BCUT2D eigenvalue weighted by molar-refractivity contribution is -0.137.